The lowest BCUT2D eigenvalue weighted by Crippen LogP contribution is -2.13. The fraction of sp³-hybridized carbons (Fsp3) is 0.0435. The number of carbonyl (C=O) groups is 1. The molecule has 0 atom stereocenters. The molecule has 30 heavy (non-hydrogen) atoms. The molecule has 0 radical (unpaired) electrons. The SMILES string of the molecule is N#C/C(=C/c1ccc(OCc2ccc(Cl)cc2)c(Br)c1)C(=O)Nc1ccc(Br)cc1. The van der Waals surface area contributed by atoms with Crippen molar-refractivity contribution in [2.75, 3.05) is 5.32 Å². The molecule has 1 N–H and O–H groups in total. The molecule has 0 saturated carbocycles. The van der Waals surface area contributed by atoms with Gasteiger partial charge in [-0.15, -0.1) is 0 Å². The Kier molecular flexibility index (Phi) is 7.69. The van der Waals surface area contributed by atoms with Crippen molar-refractivity contribution in [3.05, 3.63) is 97.4 Å². The molecule has 0 aromatic heterocycles. The van der Waals surface area contributed by atoms with E-state index in [2.05, 4.69) is 37.2 Å². The van der Waals surface area contributed by atoms with Crippen LogP contribution in [0.5, 0.6) is 5.75 Å². The summed E-state index contributed by atoms with van der Waals surface area (Å²) in [5.41, 5.74) is 2.30. The molecule has 0 aliphatic heterocycles. The molecular weight excluding hydrogens is 532 g/mol. The summed E-state index contributed by atoms with van der Waals surface area (Å²) in [4.78, 5) is 12.4. The van der Waals surface area contributed by atoms with Crippen LogP contribution in [-0.2, 0) is 11.4 Å². The number of nitriles is 1. The molecule has 4 nitrogen and oxygen atoms in total. The van der Waals surface area contributed by atoms with E-state index in [9.17, 15) is 10.1 Å². The third-order valence-corrected chi connectivity index (χ3v) is 5.44. The van der Waals surface area contributed by atoms with Crippen molar-refractivity contribution in [1.29, 1.82) is 5.26 Å². The number of ether oxygens (including phenoxy) is 1. The van der Waals surface area contributed by atoms with Gasteiger partial charge in [-0.25, -0.2) is 0 Å². The maximum atomic E-state index is 12.4. The van der Waals surface area contributed by atoms with Crippen molar-refractivity contribution in [2.24, 2.45) is 0 Å². The normalized spacial score (nSPS) is 10.9. The zero-order chi connectivity index (χ0) is 21.5. The van der Waals surface area contributed by atoms with E-state index >= 15 is 0 Å². The van der Waals surface area contributed by atoms with Gasteiger partial charge < -0.3 is 10.1 Å². The first kappa shape index (κ1) is 22.1. The zero-order valence-electron chi connectivity index (χ0n) is 15.5. The van der Waals surface area contributed by atoms with Gasteiger partial charge in [-0.1, -0.05) is 45.7 Å². The van der Waals surface area contributed by atoms with Gasteiger partial charge in [0.05, 0.1) is 4.47 Å². The van der Waals surface area contributed by atoms with E-state index in [1.165, 1.54) is 6.08 Å². The first-order valence-corrected chi connectivity index (χ1v) is 10.8. The van der Waals surface area contributed by atoms with Crippen molar-refractivity contribution >= 4 is 61.1 Å². The first-order chi connectivity index (χ1) is 14.4. The number of amides is 1. The molecule has 0 heterocycles. The number of nitrogens with zero attached hydrogens (tertiary/aromatic N) is 1. The Morgan fingerprint density at radius 2 is 1.77 bits per heavy atom. The van der Waals surface area contributed by atoms with Crippen LogP contribution in [0.25, 0.3) is 6.08 Å². The van der Waals surface area contributed by atoms with Crippen LogP contribution in [0.1, 0.15) is 11.1 Å². The standard InChI is InChI=1S/C23H15Br2ClN2O2/c24-18-4-8-20(9-5-18)28-23(29)17(13-27)11-16-3-10-22(21(25)12-16)30-14-15-1-6-19(26)7-2-15/h1-12H,14H2,(H,28,29)/b17-11-. The zero-order valence-corrected chi connectivity index (χ0v) is 19.5. The molecule has 0 aliphatic rings. The predicted molar refractivity (Wildman–Crippen MR) is 126 cm³/mol. The monoisotopic (exact) mass is 544 g/mol. The summed E-state index contributed by atoms with van der Waals surface area (Å²) in [5, 5.41) is 12.8. The number of halogens is 3. The minimum absolute atomic E-state index is 0.000323. The smallest absolute Gasteiger partial charge is 0.266 e. The second-order valence-electron chi connectivity index (χ2n) is 6.24. The lowest BCUT2D eigenvalue weighted by atomic mass is 10.1. The van der Waals surface area contributed by atoms with Crippen LogP contribution in [0.15, 0.2) is 81.2 Å². The summed E-state index contributed by atoms with van der Waals surface area (Å²) in [5.74, 6) is 0.180. The van der Waals surface area contributed by atoms with Crippen LogP contribution in [0.2, 0.25) is 5.02 Å². The van der Waals surface area contributed by atoms with Crippen LogP contribution < -0.4 is 10.1 Å². The number of hydrogen-bond acceptors (Lipinski definition) is 3. The van der Waals surface area contributed by atoms with Crippen LogP contribution >= 0.6 is 43.5 Å². The van der Waals surface area contributed by atoms with E-state index < -0.39 is 5.91 Å². The topological polar surface area (TPSA) is 62.1 Å². The average molecular weight is 547 g/mol. The van der Waals surface area contributed by atoms with Crippen molar-refractivity contribution in [3.63, 3.8) is 0 Å². The Balaban J connectivity index is 1.69. The Morgan fingerprint density at radius 3 is 2.40 bits per heavy atom. The van der Waals surface area contributed by atoms with E-state index in [1.54, 1.807) is 30.3 Å². The molecule has 150 valence electrons. The maximum absolute atomic E-state index is 12.4. The fourth-order valence-corrected chi connectivity index (χ4v) is 3.41. The molecule has 0 unspecified atom stereocenters. The van der Waals surface area contributed by atoms with Gasteiger partial charge in [0.2, 0.25) is 0 Å². The van der Waals surface area contributed by atoms with Crippen LogP contribution in [0, 0.1) is 11.3 Å². The Labute approximate surface area is 196 Å². The highest BCUT2D eigenvalue weighted by molar-refractivity contribution is 9.10. The number of rotatable bonds is 6. The van der Waals surface area contributed by atoms with Gasteiger partial charge in [0.25, 0.3) is 5.91 Å². The van der Waals surface area contributed by atoms with Gasteiger partial charge in [0.15, 0.2) is 0 Å². The van der Waals surface area contributed by atoms with Crippen molar-refractivity contribution < 1.29 is 9.53 Å². The van der Waals surface area contributed by atoms with Crippen LogP contribution in [0.3, 0.4) is 0 Å². The highest BCUT2D eigenvalue weighted by atomic mass is 79.9. The van der Waals surface area contributed by atoms with Crippen LogP contribution in [-0.4, -0.2) is 5.91 Å². The first-order valence-electron chi connectivity index (χ1n) is 8.80. The van der Waals surface area contributed by atoms with E-state index in [4.69, 9.17) is 16.3 Å². The van der Waals surface area contributed by atoms with E-state index in [0.717, 1.165) is 14.5 Å². The maximum Gasteiger partial charge on any atom is 0.266 e. The quantitative estimate of drug-likeness (QED) is 0.268. The van der Waals surface area contributed by atoms with Crippen molar-refractivity contribution in [1.82, 2.24) is 0 Å². The highest BCUT2D eigenvalue weighted by Crippen LogP contribution is 2.28. The predicted octanol–water partition coefficient (Wildman–Crippen LogP) is 6.99. The lowest BCUT2D eigenvalue weighted by molar-refractivity contribution is -0.112. The molecule has 1 amide bonds. The Morgan fingerprint density at radius 1 is 1.07 bits per heavy atom. The summed E-state index contributed by atoms with van der Waals surface area (Å²) in [6.45, 7) is 0.393. The van der Waals surface area contributed by atoms with E-state index in [1.807, 2.05) is 42.5 Å². The van der Waals surface area contributed by atoms with Gasteiger partial charge >= 0.3 is 0 Å². The molecule has 3 aromatic carbocycles. The second kappa shape index (κ2) is 10.4. The molecule has 0 bridgehead atoms. The van der Waals surface area contributed by atoms with Crippen LogP contribution in [0.4, 0.5) is 5.69 Å². The molecule has 7 heteroatoms. The molecule has 0 aliphatic carbocycles. The molecule has 3 aromatic rings. The van der Waals surface area contributed by atoms with Crippen molar-refractivity contribution in [2.45, 2.75) is 6.61 Å². The second-order valence-corrected chi connectivity index (χ2v) is 8.44. The van der Waals surface area contributed by atoms with Gasteiger partial charge in [0.1, 0.15) is 24.0 Å². The van der Waals surface area contributed by atoms with Crippen molar-refractivity contribution in [3.8, 4) is 11.8 Å². The summed E-state index contributed by atoms with van der Waals surface area (Å²) in [7, 11) is 0. The molecule has 0 fully saturated rings. The third-order valence-electron chi connectivity index (χ3n) is 4.04. The minimum Gasteiger partial charge on any atom is -0.488 e. The number of carbonyl (C=O) groups excluding carboxylic acids is 1. The van der Waals surface area contributed by atoms with Gasteiger partial charge in [-0.05, 0) is 81.7 Å². The summed E-state index contributed by atoms with van der Waals surface area (Å²) < 4.78 is 7.45. The van der Waals surface area contributed by atoms with E-state index in [-0.39, 0.29) is 5.57 Å². The highest BCUT2D eigenvalue weighted by Gasteiger charge is 2.10. The largest absolute Gasteiger partial charge is 0.488 e. The lowest BCUT2D eigenvalue weighted by Gasteiger charge is -2.09. The average Bonchev–Trinajstić information content (AvgIpc) is 2.74. The number of anilines is 1. The van der Waals surface area contributed by atoms with Gasteiger partial charge in [0, 0.05) is 15.2 Å². The van der Waals surface area contributed by atoms with Gasteiger partial charge in [-0.2, -0.15) is 5.26 Å². The van der Waals surface area contributed by atoms with E-state index in [0.29, 0.717) is 28.6 Å². The summed E-state index contributed by atoms with van der Waals surface area (Å²) >= 11 is 12.7. The minimum atomic E-state index is -0.473. The summed E-state index contributed by atoms with van der Waals surface area (Å²) in [6, 6.07) is 21.9. The number of benzene rings is 3. The number of hydrogen-bond donors (Lipinski definition) is 1. The molecule has 0 spiro atoms. The third kappa shape index (κ3) is 6.20. The molecular formula is C23H15Br2ClN2O2. The number of nitrogens with one attached hydrogen (secondary N) is 1. The Hall–Kier alpha value is -2.59. The molecule has 3 rings (SSSR count). The summed E-state index contributed by atoms with van der Waals surface area (Å²) in [6.07, 6.45) is 1.53. The van der Waals surface area contributed by atoms with Gasteiger partial charge in [-0.3, -0.25) is 4.79 Å². The molecule has 0 saturated heterocycles. The Bertz CT molecular complexity index is 1120. The fourth-order valence-electron chi connectivity index (χ4n) is 2.51.